The van der Waals surface area contributed by atoms with Crippen LogP contribution in [0.15, 0.2) is 41.5 Å². The first-order chi connectivity index (χ1) is 17.5. The summed E-state index contributed by atoms with van der Waals surface area (Å²) in [6.45, 7) is -0.917. The number of carbonyl (C=O) groups excluding carboxylic acids is 1. The van der Waals surface area contributed by atoms with E-state index in [2.05, 4.69) is 20.3 Å². The number of benzene rings is 1. The van der Waals surface area contributed by atoms with Gasteiger partial charge in [0.15, 0.2) is 24.0 Å². The number of fused-ring (bicyclic) bond motifs is 1. The number of anilines is 1. The molecule has 4 rings (SSSR count). The summed E-state index contributed by atoms with van der Waals surface area (Å²) in [4.78, 5) is 35.7. The lowest BCUT2D eigenvalue weighted by Crippen LogP contribution is -2.36. The highest BCUT2D eigenvalue weighted by Crippen LogP contribution is 2.33. The Morgan fingerprint density at radius 3 is 2.89 bits per heavy atom. The van der Waals surface area contributed by atoms with E-state index in [1.54, 1.807) is 24.3 Å². The Bertz CT molecular complexity index is 1270. The molecule has 1 aliphatic heterocycles. The van der Waals surface area contributed by atoms with Gasteiger partial charge in [0.25, 0.3) is 11.5 Å². The maximum Gasteiger partial charge on any atom is 0.280 e. The zero-order valence-corrected chi connectivity index (χ0v) is 18.9. The minimum atomic E-state index is -1.23. The standard InChI is InChI=1S/C22H24N6O8/c23-7-4-8-33-12-35-18-17(31)14(9-29)36-21(18)28-11-24-16-19(28)26-22(27-20(16)32)25-15(30)10-34-13-5-2-1-3-6-13/h1-3,5-6,11,14,17-18,21,29,31H,4,8-10,12H2,(H2,25,26,27,30,32)/t14-,17-,18-,21-/m1/s1. The van der Waals surface area contributed by atoms with Gasteiger partial charge in [-0.25, -0.2) is 4.98 Å². The Morgan fingerprint density at radius 2 is 2.14 bits per heavy atom. The van der Waals surface area contributed by atoms with Gasteiger partial charge in [0, 0.05) is 0 Å². The Balaban J connectivity index is 1.52. The van der Waals surface area contributed by atoms with Crippen LogP contribution in [0.1, 0.15) is 12.6 Å². The third kappa shape index (κ3) is 5.67. The molecule has 190 valence electrons. The third-order valence-corrected chi connectivity index (χ3v) is 5.27. The number of nitrogens with one attached hydrogen (secondary N) is 2. The molecule has 0 unspecified atom stereocenters. The van der Waals surface area contributed by atoms with Crippen molar-refractivity contribution in [2.75, 3.05) is 31.9 Å². The summed E-state index contributed by atoms with van der Waals surface area (Å²) in [5.74, 6) is -0.206. The summed E-state index contributed by atoms with van der Waals surface area (Å²) in [5, 5.41) is 31.2. The molecule has 1 amide bonds. The van der Waals surface area contributed by atoms with Crippen molar-refractivity contribution < 1.29 is 34.0 Å². The average Bonchev–Trinajstić information content (AvgIpc) is 3.44. The molecule has 1 saturated heterocycles. The second-order valence-corrected chi connectivity index (χ2v) is 7.69. The lowest BCUT2D eigenvalue weighted by atomic mass is 10.1. The summed E-state index contributed by atoms with van der Waals surface area (Å²) in [5.41, 5.74) is -0.608. The van der Waals surface area contributed by atoms with Gasteiger partial charge in [-0.2, -0.15) is 10.2 Å². The van der Waals surface area contributed by atoms with Gasteiger partial charge in [0.05, 0.1) is 32.0 Å². The normalized spacial score (nSPS) is 21.4. The van der Waals surface area contributed by atoms with Gasteiger partial charge in [-0.15, -0.1) is 0 Å². The van der Waals surface area contributed by atoms with Crippen LogP contribution >= 0.6 is 0 Å². The van der Waals surface area contributed by atoms with Crippen LogP contribution in [0.2, 0.25) is 0 Å². The highest BCUT2D eigenvalue weighted by atomic mass is 16.7. The van der Waals surface area contributed by atoms with E-state index in [1.807, 2.05) is 12.1 Å². The average molecular weight is 500 g/mol. The number of aliphatic hydroxyl groups excluding tert-OH is 2. The Labute approximate surface area is 204 Å². The Kier molecular flexibility index (Phi) is 8.21. The first kappa shape index (κ1) is 25.2. The Morgan fingerprint density at radius 1 is 1.33 bits per heavy atom. The number of para-hydroxylation sites is 1. The van der Waals surface area contributed by atoms with Crippen LogP contribution in [0.5, 0.6) is 5.75 Å². The molecular weight excluding hydrogens is 476 g/mol. The minimum Gasteiger partial charge on any atom is -0.484 e. The monoisotopic (exact) mass is 500 g/mol. The van der Waals surface area contributed by atoms with Crippen LogP contribution in [-0.2, 0) is 19.0 Å². The predicted molar refractivity (Wildman–Crippen MR) is 122 cm³/mol. The molecule has 3 aromatic rings. The fraction of sp³-hybridized carbons (Fsp3) is 0.409. The molecule has 0 bridgehead atoms. The van der Waals surface area contributed by atoms with Crippen molar-refractivity contribution in [1.29, 1.82) is 5.26 Å². The predicted octanol–water partition coefficient (Wildman–Crippen LogP) is -0.339. The van der Waals surface area contributed by atoms with Crippen molar-refractivity contribution >= 4 is 23.0 Å². The van der Waals surface area contributed by atoms with Crippen LogP contribution in [-0.4, -0.2) is 80.6 Å². The van der Waals surface area contributed by atoms with Crippen LogP contribution < -0.4 is 15.6 Å². The summed E-state index contributed by atoms with van der Waals surface area (Å²) in [6.07, 6.45) is -2.80. The quantitative estimate of drug-likeness (QED) is 0.199. The second-order valence-electron chi connectivity index (χ2n) is 7.69. The fourth-order valence-corrected chi connectivity index (χ4v) is 3.58. The van der Waals surface area contributed by atoms with Gasteiger partial charge in [-0.1, -0.05) is 18.2 Å². The van der Waals surface area contributed by atoms with E-state index in [-0.39, 0.29) is 43.5 Å². The van der Waals surface area contributed by atoms with Crippen molar-refractivity contribution in [3.63, 3.8) is 0 Å². The lowest BCUT2D eigenvalue weighted by molar-refractivity contribution is -0.137. The largest absolute Gasteiger partial charge is 0.484 e. The Hall–Kier alpha value is -3.87. The van der Waals surface area contributed by atoms with Gasteiger partial charge in [-0.05, 0) is 12.1 Å². The molecule has 36 heavy (non-hydrogen) atoms. The summed E-state index contributed by atoms with van der Waals surface area (Å²) < 4.78 is 23.3. The number of H-pyrrole nitrogens is 1. The van der Waals surface area contributed by atoms with E-state index in [4.69, 9.17) is 24.2 Å². The van der Waals surface area contributed by atoms with E-state index in [9.17, 15) is 19.8 Å². The molecule has 0 aliphatic carbocycles. The van der Waals surface area contributed by atoms with E-state index in [1.165, 1.54) is 10.9 Å². The minimum absolute atomic E-state index is 0.0388. The van der Waals surface area contributed by atoms with Gasteiger partial charge in [0.1, 0.15) is 30.9 Å². The highest BCUT2D eigenvalue weighted by Gasteiger charge is 2.46. The lowest BCUT2D eigenvalue weighted by Gasteiger charge is -2.22. The number of carbonyl (C=O) groups is 1. The summed E-state index contributed by atoms with van der Waals surface area (Å²) in [7, 11) is 0. The number of aromatic amines is 1. The summed E-state index contributed by atoms with van der Waals surface area (Å²) in [6, 6.07) is 10.7. The van der Waals surface area contributed by atoms with E-state index in [0.717, 1.165) is 0 Å². The molecule has 3 heterocycles. The number of nitriles is 1. The van der Waals surface area contributed by atoms with Crippen molar-refractivity contribution in [2.24, 2.45) is 0 Å². The van der Waals surface area contributed by atoms with Crippen molar-refractivity contribution in [1.82, 2.24) is 19.5 Å². The molecule has 14 heteroatoms. The third-order valence-electron chi connectivity index (χ3n) is 5.27. The second kappa shape index (κ2) is 11.7. The molecule has 0 radical (unpaired) electrons. The number of hydrogen-bond acceptors (Lipinski definition) is 11. The number of aliphatic hydroxyl groups is 2. The fourth-order valence-electron chi connectivity index (χ4n) is 3.58. The molecule has 0 spiro atoms. The zero-order valence-electron chi connectivity index (χ0n) is 18.9. The van der Waals surface area contributed by atoms with E-state index in [0.29, 0.717) is 5.75 Å². The van der Waals surface area contributed by atoms with E-state index >= 15 is 0 Å². The van der Waals surface area contributed by atoms with E-state index < -0.39 is 42.6 Å². The molecular formula is C22H24N6O8. The van der Waals surface area contributed by atoms with Gasteiger partial charge >= 0.3 is 0 Å². The molecule has 4 N–H and O–H groups in total. The van der Waals surface area contributed by atoms with Crippen LogP contribution in [0.3, 0.4) is 0 Å². The van der Waals surface area contributed by atoms with Crippen molar-refractivity contribution in [3.05, 3.63) is 47.0 Å². The number of nitrogens with zero attached hydrogens (tertiary/aromatic N) is 4. The maximum atomic E-state index is 12.6. The molecule has 0 saturated carbocycles. The molecule has 1 aliphatic rings. The first-order valence-corrected chi connectivity index (χ1v) is 11.0. The van der Waals surface area contributed by atoms with Crippen molar-refractivity contribution in [3.8, 4) is 11.8 Å². The molecule has 2 aromatic heterocycles. The molecule has 14 nitrogen and oxygen atoms in total. The number of aromatic nitrogens is 4. The van der Waals surface area contributed by atoms with Crippen molar-refractivity contribution in [2.45, 2.75) is 31.0 Å². The number of amides is 1. The van der Waals surface area contributed by atoms with Crippen LogP contribution in [0.4, 0.5) is 5.95 Å². The summed E-state index contributed by atoms with van der Waals surface area (Å²) >= 11 is 0. The SMILES string of the molecule is N#CCCOCO[C@@H]1[C@H](O)[C@@H](CO)O[C@H]1n1cnc2c(=O)[nH]c(NC(=O)COc3ccccc3)nc21. The van der Waals surface area contributed by atoms with Gasteiger partial charge in [-0.3, -0.25) is 24.5 Å². The number of ether oxygens (including phenoxy) is 4. The van der Waals surface area contributed by atoms with Crippen LogP contribution in [0.25, 0.3) is 11.2 Å². The topological polar surface area (TPSA) is 194 Å². The van der Waals surface area contributed by atoms with Gasteiger partial charge < -0.3 is 29.2 Å². The van der Waals surface area contributed by atoms with Gasteiger partial charge in [0.2, 0.25) is 5.95 Å². The maximum absolute atomic E-state index is 12.6. The number of hydrogen-bond donors (Lipinski definition) is 4. The first-order valence-electron chi connectivity index (χ1n) is 11.0. The smallest absolute Gasteiger partial charge is 0.280 e. The molecule has 4 atom stereocenters. The van der Waals surface area contributed by atoms with Crippen LogP contribution in [0, 0.1) is 11.3 Å². The number of imidazole rings is 1. The molecule has 1 aromatic carbocycles. The number of rotatable bonds is 11. The molecule has 1 fully saturated rings. The zero-order chi connectivity index (χ0) is 25.5. The highest BCUT2D eigenvalue weighted by molar-refractivity contribution is 5.90.